The molecule has 7 nitrogen and oxygen atoms in total. The van der Waals surface area contributed by atoms with Crippen molar-refractivity contribution in [1.29, 1.82) is 0 Å². The second kappa shape index (κ2) is 5.67. The van der Waals surface area contributed by atoms with E-state index in [-0.39, 0.29) is 24.7 Å². The lowest BCUT2D eigenvalue weighted by atomic mass is 10.3. The molecule has 1 saturated heterocycles. The first kappa shape index (κ1) is 15.5. The summed E-state index contributed by atoms with van der Waals surface area (Å²) < 4.78 is 37.0. The van der Waals surface area contributed by atoms with E-state index in [4.69, 9.17) is 0 Å². The number of carbonyl (C=O) groups is 2. The molecule has 2 fully saturated rings. The minimum absolute atomic E-state index is 0.0127. The van der Waals surface area contributed by atoms with Gasteiger partial charge >= 0.3 is 12.2 Å². The maximum absolute atomic E-state index is 12.3. The van der Waals surface area contributed by atoms with Crippen LogP contribution in [0.3, 0.4) is 0 Å². The number of halogens is 3. The van der Waals surface area contributed by atoms with Crippen molar-refractivity contribution in [3.63, 3.8) is 0 Å². The quantitative estimate of drug-likeness (QED) is 0.903. The number of urea groups is 1. The topological polar surface area (TPSA) is 78.4 Å². The third-order valence-electron chi connectivity index (χ3n) is 3.55. The third-order valence-corrected chi connectivity index (χ3v) is 3.55. The molecule has 0 aromatic carbocycles. The lowest BCUT2D eigenvalue weighted by Crippen LogP contribution is -2.46. The Bertz CT molecular complexity index is 632. The van der Waals surface area contributed by atoms with E-state index >= 15 is 0 Å². The fourth-order valence-electron chi connectivity index (χ4n) is 2.27. The highest BCUT2D eigenvalue weighted by atomic mass is 19.4. The van der Waals surface area contributed by atoms with Crippen LogP contribution >= 0.6 is 0 Å². The molecule has 2 heterocycles. The Hall–Kier alpha value is -2.39. The van der Waals surface area contributed by atoms with Crippen molar-refractivity contribution in [2.24, 2.45) is 0 Å². The average molecular weight is 329 g/mol. The van der Waals surface area contributed by atoms with Crippen LogP contribution in [0.25, 0.3) is 0 Å². The summed E-state index contributed by atoms with van der Waals surface area (Å²) in [6, 6.07) is 0.516. The van der Waals surface area contributed by atoms with E-state index in [1.54, 1.807) is 0 Å². The van der Waals surface area contributed by atoms with Crippen molar-refractivity contribution in [3.8, 4) is 0 Å². The van der Waals surface area contributed by atoms with Gasteiger partial charge in [0.15, 0.2) is 0 Å². The molecular weight excluding hydrogens is 315 g/mol. The van der Waals surface area contributed by atoms with Crippen molar-refractivity contribution < 1.29 is 22.8 Å². The number of amides is 3. The van der Waals surface area contributed by atoms with Gasteiger partial charge in [-0.2, -0.15) is 13.2 Å². The predicted octanol–water partition coefficient (Wildman–Crippen LogP) is 1.30. The number of nitrogens with zero attached hydrogens (tertiary/aromatic N) is 4. The van der Waals surface area contributed by atoms with E-state index in [2.05, 4.69) is 15.4 Å². The Morgan fingerprint density at radius 2 is 2.09 bits per heavy atom. The molecule has 2 aliphatic rings. The van der Waals surface area contributed by atoms with Gasteiger partial charge in [0, 0.05) is 18.7 Å². The Morgan fingerprint density at radius 1 is 1.35 bits per heavy atom. The highest BCUT2D eigenvalue weighted by Gasteiger charge is 2.38. The van der Waals surface area contributed by atoms with Crippen LogP contribution < -0.4 is 5.43 Å². The number of hydrazine groups is 1. The first-order chi connectivity index (χ1) is 10.8. The minimum Gasteiger partial charge on any atom is -0.312 e. The molecule has 1 saturated carbocycles. The number of alkyl halides is 3. The zero-order valence-corrected chi connectivity index (χ0v) is 12.0. The van der Waals surface area contributed by atoms with Crippen molar-refractivity contribution >= 4 is 11.9 Å². The van der Waals surface area contributed by atoms with Gasteiger partial charge in [-0.3, -0.25) is 10.2 Å². The van der Waals surface area contributed by atoms with E-state index in [0.717, 1.165) is 17.9 Å². The molecule has 1 aromatic heterocycles. The molecule has 3 rings (SSSR count). The molecule has 1 aromatic rings. The van der Waals surface area contributed by atoms with Crippen LogP contribution in [0.2, 0.25) is 0 Å². The summed E-state index contributed by atoms with van der Waals surface area (Å²) in [5.41, 5.74) is 2.38. The summed E-state index contributed by atoms with van der Waals surface area (Å²) >= 11 is 0. The normalized spacial score (nSPS) is 18.5. The molecule has 0 atom stereocenters. The first-order valence-electron chi connectivity index (χ1n) is 7.10. The lowest BCUT2D eigenvalue weighted by molar-refractivity contribution is -0.138. The van der Waals surface area contributed by atoms with Crippen LogP contribution in [0.1, 0.15) is 35.1 Å². The van der Waals surface area contributed by atoms with Gasteiger partial charge in [0.2, 0.25) is 0 Å². The van der Waals surface area contributed by atoms with Crippen molar-refractivity contribution in [2.45, 2.75) is 24.9 Å². The molecule has 3 amide bonds. The van der Waals surface area contributed by atoms with E-state index < -0.39 is 24.7 Å². The summed E-state index contributed by atoms with van der Waals surface area (Å²) in [6.07, 6.45) is -1.07. The zero-order chi connectivity index (χ0) is 16.6. The number of rotatable bonds is 4. The van der Waals surface area contributed by atoms with Crippen molar-refractivity contribution in [3.05, 3.63) is 23.8 Å². The fraction of sp³-hybridized carbons (Fsp3) is 0.538. The summed E-state index contributed by atoms with van der Waals surface area (Å²) in [4.78, 5) is 32.8. The van der Waals surface area contributed by atoms with Gasteiger partial charge in [-0.25, -0.2) is 19.8 Å². The third kappa shape index (κ3) is 3.69. The lowest BCUT2D eigenvalue weighted by Gasteiger charge is -2.20. The van der Waals surface area contributed by atoms with Gasteiger partial charge in [-0.1, -0.05) is 0 Å². The predicted molar refractivity (Wildman–Crippen MR) is 71.2 cm³/mol. The molecule has 1 aliphatic heterocycles. The zero-order valence-electron chi connectivity index (χ0n) is 12.0. The van der Waals surface area contributed by atoms with Crippen LogP contribution in [0.4, 0.5) is 18.0 Å². The van der Waals surface area contributed by atoms with Crippen LogP contribution in [-0.4, -0.2) is 57.6 Å². The number of carbonyl (C=O) groups excluding carboxylic acids is 2. The molecular formula is C13H14F3N5O2. The Balaban J connectivity index is 1.62. The van der Waals surface area contributed by atoms with Crippen LogP contribution in [0.5, 0.6) is 0 Å². The molecule has 0 spiro atoms. The summed E-state index contributed by atoms with van der Waals surface area (Å²) in [6.45, 7) is -1.45. The molecule has 23 heavy (non-hydrogen) atoms. The molecule has 0 radical (unpaired) electrons. The number of nitrogens with one attached hydrogen (secondary N) is 1. The van der Waals surface area contributed by atoms with Crippen LogP contribution in [0, 0.1) is 0 Å². The van der Waals surface area contributed by atoms with Crippen molar-refractivity contribution in [2.75, 3.05) is 19.6 Å². The molecule has 0 bridgehead atoms. The number of hydrogen-bond acceptors (Lipinski definition) is 4. The van der Waals surface area contributed by atoms with Gasteiger partial charge in [-0.05, 0) is 18.9 Å². The highest BCUT2D eigenvalue weighted by Crippen LogP contribution is 2.37. The van der Waals surface area contributed by atoms with Crippen LogP contribution in [0.15, 0.2) is 12.3 Å². The first-order valence-corrected chi connectivity index (χ1v) is 7.10. The maximum Gasteiger partial charge on any atom is 0.406 e. The Morgan fingerprint density at radius 3 is 2.74 bits per heavy atom. The van der Waals surface area contributed by atoms with Gasteiger partial charge < -0.3 is 4.90 Å². The molecule has 0 unspecified atom stereocenters. The van der Waals surface area contributed by atoms with Crippen molar-refractivity contribution in [1.82, 2.24) is 25.3 Å². The second-order valence-electron chi connectivity index (χ2n) is 5.49. The summed E-state index contributed by atoms with van der Waals surface area (Å²) in [7, 11) is 0. The SMILES string of the molecule is O=C(NN1CCN(CC(F)(F)F)C1=O)c1ccnc(C2CC2)n1. The van der Waals surface area contributed by atoms with Crippen LogP contribution in [-0.2, 0) is 0 Å². The average Bonchev–Trinajstić information content (AvgIpc) is 3.28. The smallest absolute Gasteiger partial charge is 0.312 e. The molecule has 1 aliphatic carbocycles. The summed E-state index contributed by atoms with van der Waals surface area (Å²) in [5, 5.41) is 0.868. The fourth-order valence-corrected chi connectivity index (χ4v) is 2.27. The summed E-state index contributed by atoms with van der Waals surface area (Å²) in [5.74, 6) is 0.194. The monoisotopic (exact) mass is 329 g/mol. The van der Waals surface area contributed by atoms with E-state index in [1.165, 1.54) is 12.3 Å². The number of aromatic nitrogens is 2. The number of hydrogen-bond donors (Lipinski definition) is 1. The Labute approximate surface area is 129 Å². The van der Waals surface area contributed by atoms with E-state index in [0.29, 0.717) is 10.7 Å². The van der Waals surface area contributed by atoms with E-state index in [9.17, 15) is 22.8 Å². The van der Waals surface area contributed by atoms with E-state index in [1.807, 2.05) is 0 Å². The molecule has 10 heteroatoms. The minimum atomic E-state index is -4.47. The van der Waals surface area contributed by atoms with Gasteiger partial charge in [0.05, 0.1) is 6.54 Å². The largest absolute Gasteiger partial charge is 0.406 e. The highest BCUT2D eigenvalue weighted by molar-refractivity contribution is 5.93. The van der Waals surface area contributed by atoms with Gasteiger partial charge in [-0.15, -0.1) is 0 Å². The molecule has 124 valence electrons. The molecule has 1 N–H and O–H groups in total. The Kier molecular flexibility index (Phi) is 3.82. The van der Waals surface area contributed by atoms with Gasteiger partial charge in [0.1, 0.15) is 18.1 Å². The van der Waals surface area contributed by atoms with Gasteiger partial charge in [0.25, 0.3) is 5.91 Å². The maximum atomic E-state index is 12.3. The second-order valence-corrected chi connectivity index (χ2v) is 5.49. The standard InChI is InChI=1S/C13H14F3N5O2/c14-13(15,16)7-20-5-6-21(12(20)23)19-11(22)9-3-4-17-10(18-9)8-1-2-8/h3-4,8H,1-2,5-7H2,(H,19,22).